The molecule has 0 bridgehead atoms. The zero-order chi connectivity index (χ0) is 16.4. The molecule has 1 aromatic carbocycles. The Kier molecular flexibility index (Phi) is 4.36. The highest BCUT2D eigenvalue weighted by Gasteiger charge is 2.08. The minimum atomic E-state index is 0.402. The number of halogens is 2. The minimum absolute atomic E-state index is 0.402. The quantitative estimate of drug-likeness (QED) is 0.699. The van der Waals surface area contributed by atoms with Gasteiger partial charge in [-0.25, -0.2) is 4.98 Å². The molecule has 0 fully saturated rings. The van der Waals surface area contributed by atoms with Gasteiger partial charge in [-0.2, -0.15) is 4.98 Å². The van der Waals surface area contributed by atoms with E-state index in [2.05, 4.69) is 25.8 Å². The largest absolute Gasteiger partial charge is 0.360 e. The fourth-order valence-electron chi connectivity index (χ4n) is 1.96. The van der Waals surface area contributed by atoms with Crippen LogP contribution in [0.1, 0.15) is 11.5 Å². The first-order valence-corrected chi connectivity index (χ1v) is 7.53. The zero-order valence-electron chi connectivity index (χ0n) is 12.4. The summed E-state index contributed by atoms with van der Waals surface area (Å²) in [6.45, 7) is 3.68. The van der Waals surface area contributed by atoms with Gasteiger partial charge in [0, 0.05) is 22.8 Å². The molecule has 0 aliphatic rings. The molecule has 8 heteroatoms. The fourth-order valence-corrected chi connectivity index (χ4v) is 2.30. The summed E-state index contributed by atoms with van der Waals surface area (Å²) in [4.78, 5) is 8.70. The average molecular weight is 350 g/mol. The second kappa shape index (κ2) is 6.44. The van der Waals surface area contributed by atoms with Crippen LogP contribution in [0.3, 0.4) is 0 Å². The topological polar surface area (TPSA) is 75.9 Å². The van der Waals surface area contributed by atoms with Gasteiger partial charge in [-0.1, -0.05) is 28.4 Å². The Bertz CT molecular complexity index is 850. The van der Waals surface area contributed by atoms with Crippen LogP contribution < -0.4 is 10.6 Å². The average Bonchev–Trinajstić information content (AvgIpc) is 2.87. The van der Waals surface area contributed by atoms with Crippen molar-refractivity contribution in [3.8, 4) is 0 Å². The van der Waals surface area contributed by atoms with Crippen LogP contribution in [0.25, 0.3) is 0 Å². The number of rotatable bonds is 4. The molecule has 3 aromatic rings. The van der Waals surface area contributed by atoms with Gasteiger partial charge >= 0.3 is 0 Å². The maximum Gasteiger partial charge on any atom is 0.230 e. The zero-order valence-corrected chi connectivity index (χ0v) is 13.9. The van der Waals surface area contributed by atoms with E-state index in [1.54, 1.807) is 30.3 Å². The van der Waals surface area contributed by atoms with Crippen molar-refractivity contribution < 1.29 is 4.52 Å². The van der Waals surface area contributed by atoms with Crippen molar-refractivity contribution in [1.29, 1.82) is 0 Å². The predicted molar refractivity (Wildman–Crippen MR) is 91.0 cm³/mol. The first-order chi connectivity index (χ1) is 11.0. The number of aromatic nitrogens is 3. The van der Waals surface area contributed by atoms with Crippen molar-refractivity contribution in [3.05, 3.63) is 51.8 Å². The van der Waals surface area contributed by atoms with Crippen LogP contribution in [0.4, 0.5) is 23.3 Å². The molecule has 3 rings (SSSR count). The molecule has 6 nitrogen and oxygen atoms in total. The lowest BCUT2D eigenvalue weighted by Crippen LogP contribution is -2.02. The van der Waals surface area contributed by atoms with Crippen LogP contribution >= 0.6 is 23.2 Å². The maximum atomic E-state index is 6.16. The van der Waals surface area contributed by atoms with E-state index in [-0.39, 0.29) is 0 Å². The Morgan fingerprint density at radius 2 is 1.78 bits per heavy atom. The molecular formula is C15H13Cl2N5O. The van der Waals surface area contributed by atoms with Crippen molar-refractivity contribution in [2.45, 2.75) is 13.8 Å². The van der Waals surface area contributed by atoms with Gasteiger partial charge in [0.15, 0.2) is 5.82 Å². The van der Waals surface area contributed by atoms with E-state index < -0.39 is 0 Å². The van der Waals surface area contributed by atoms with E-state index >= 15 is 0 Å². The third-order valence-electron chi connectivity index (χ3n) is 2.91. The number of hydrogen-bond donors (Lipinski definition) is 2. The molecule has 0 saturated carbocycles. The molecule has 2 aromatic heterocycles. The smallest absolute Gasteiger partial charge is 0.230 e. The normalized spacial score (nSPS) is 10.6. The fraction of sp³-hybridized carbons (Fsp3) is 0.133. The maximum absolute atomic E-state index is 6.16. The lowest BCUT2D eigenvalue weighted by Gasteiger charge is -2.10. The Morgan fingerprint density at radius 3 is 2.52 bits per heavy atom. The second-order valence-corrected chi connectivity index (χ2v) is 5.76. The van der Waals surface area contributed by atoms with Crippen LogP contribution in [0, 0.1) is 13.8 Å². The molecule has 0 aliphatic heterocycles. The van der Waals surface area contributed by atoms with Gasteiger partial charge in [0.1, 0.15) is 11.6 Å². The molecule has 0 spiro atoms. The third kappa shape index (κ3) is 3.91. The van der Waals surface area contributed by atoms with Crippen LogP contribution in [0.5, 0.6) is 0 Å². The van der Waals surface area contributed by atoms with E-state index in [0.29, 0.717) is 39.1 Å². The Morgan fingerprint density at radius 1 is 0.957 bits per heavy atom. The molecule has 0 amide bonds. The number of benzene rings is 1. The van der Waals surface area contributed by atoms with Crippen molar-refractivity contribution in [1.82, 2.24) is 15.1 Å². The highest BCUT2D eigenvalue weighted by molar-refractivity contribution is 6.35. The van der Waals surface area contributed by atoms with Gasteiger partial charge in [0.2, 0.25) is 5.95 Å². The third-order valence-corrected chi connectivity index (χ3v) is 3.48. The van der Waals surface area contributed by atoms with Crippen molar-refractivity contribution in [3.63, 3.8) is 0 Å². The van der Waals surface area contributed by atoms with Crippen molar-refractivity contribution in [2.75, 3.05) is 10.6 Å². The van der Waals surface area contributed by atoms with Crippen LogP contribution in [-0.4, -0.2) is 15.1 Å². The number of hydrogen-bond acceptors (Lipinski definition) is 6. The highest BCUT2D eigenvalue weighted by atomic mass is 35.5. The van der Waals surface area contributed by atoms with Gasteiger partial charge < -0.3 is 15.2 Å². The Balaban J connectivity index is 1.86. The number of nitrogens with zero attached hydrogens (tertiary/aromatic N) is 3. The molecule has 23 heavy (non-hydrogen) atoms. The summed E-state index contributed by atoms with van der Waals surface area (Å²) in [5, 5.41) is 11.1. The molecule has 0 atom stereocenters. The van der Waals surface area contributed by atoms with Gasteiger partial charge in [-0.05, 0) is 32.0 Å². The van der Waals surface area contributed by atoms with E-state index in [1.165, 1.54) is 0 Å². The SMILES string of the molecule is Cc1cc(Nc2cc(Cl)ccc2Cl)nc(Nc2cc(C)on2)n1. The lowest BCUT2D eigenvalue weighted by atomic mass is 10.3. The minimum Gasteiger partial charge on any atom is -0.360 e. The van der Waals surface area contributed by atoms with Gasteiger partial charge in [-0.3, -0.25) is 0 Å². The molecule has 0 radical (unpaired) electrons. The van der Waals surface area contributed by atoms with Crippen LogP contribution in [0.15, 0.2) is 34.9 Å². The highest BCUT2D eigenvalue weighted by Crippen LogP contribution is 2.28. The van der Waals surface area contributed by atoms with Crippen LogP contribution in [-0.2, 0) is 0 Å². The summed E-state index contributed by atoms with van der Waals surface area (Å²) in [7, 11) is 0. The summed E-state index contributed by atoms with van der Waals surface area (Å²) >= 11 is 12.1. The van der Waals surface area contributed by atoms with E-state index in [4.69, 9.17) is 27.7 Å². The molecule has 0 aliphatic carbocycles. The monoisotopic (exact) mass is 349 g/mol. The standard InChI is InChI=1S/C15H13Cl2N5O/c1-8-5-13(19-12-7-10(16)3-4-11(12)17)20-15(18-8)21-14-6-9(2)23-22-14/h3-7H,1-2H3,(H2,18,19,20,21,22). The van der Waals surface area contributed by atoms with E-state index in [0.717, 1.165) is 5.69 Å². The van der Waals surface area contributed by atoms with Gasteiger partial charge in [0.25, 0.3) is 0 Å². The molecular weight excluding hydrogens is 337 g/mol. The first-order valence-electron chi connectivity index (χ1n) is 6.78. The molecule has 0 saturated heterocycles. The van der Waals surface area contributed by atoms with E-state index in [1.807, 2.05) is 13.8 Å². The summed E-state index contributed by atoms with van der Waals surface area (Å²) in [5.74, 6) is 2.23. The first kappa shape index (κ1) is 15.6. The second-order valence-electron chi connectivity index (χ2n) is 4.92. The molecule has 2 N–H and O–H groups in total. The van der Waals surface area contributed by atoms with Crippen molar-refractivity contribution in [2.24, 2.45) is 0 Å². The predicted octanol–water partition coefficient (Wildman–Crippen LogP) is 4.88. The van der Waals surface area contributed by atoms with Gasteiger partial charge in [-0.15, -0.1) is 0 Å². The van der Waals surface area contributed by atoms with E-state index in [9.17, 15) is 0 Å². The number of aryl methyl sites for hydroxylation is 2. The Hall–Kier alpha value is -2.31. The number of nitrogens with one attached hydrogen (secondary N) is 2. The molecule has 2 heterocycles. The van der Waals surface area contributed by atoms with Crippen molar-refractivity contribution >= 4 is 46.5 Å². The summed E-state index contributed by atoms with van der Waals surface area (Å²) in [6.07, 6.45) is 0. The summed E-state index contributed by atoms with van der Waals surface area (Å²) in [5.41, 5.74) is 1.45. The molecule has 118 valence electrons. The van der Waals surface area contributed by atoms with Gasteiger partial charge in [0.05, 0.1) is 10.7 Å². The van der Waals surface area contributed by atoms with Crippen LogP contribution in [0.2, 0.25) is 10.0 Å². The Labute approximate surface area is 142 Å². The lowest BCUT2D eigenvalue weighted by molar-refractivity contribution is 0.400. The summed E-state index contributed by atoms with van der Waals surface area (Å²) < 4.78 is 5.01. The number of anilines is 4. The molecule has 0 unspecified atom stereocenters. The summed E-state index contributed by atoms with van der Waals surface area (Å²) in [6, 6.07) is 8.73.